The molecule has 0 bridgehead atoms. The first kappa shape index (κ1) is 13.8. The van der Waals surface area contributed by atoms with Crippen LogP contribution in [0.3, 0.4) is 0 Å². The molecule has 1 aliphatic heterocycles. The average molecular weight is 313 g/mol. The predicted octanol–water partition coefficient (Wildman–Crippen LogP) is 3.08. The molecule has 0 amide bonds. The highest BCUT2D eigenvalue weighted by Crippen LogP contribution is 2.31. The van der Waals surface area contributed by atoms with Crippen LogP contribution < -0.4 is 10.6 Å². The average Bonchev–Trinajstić information content (AvgIpc) is 2.32. The van der Waals surface area contributed by atoms with Crippen molar-refractivity contribution in [3.05, 3.63) is 28.2 Å². The number of nitrogens with zero attached hydrogens (tertiary/aromatic N) is 1. The van der Waals surface area contributed by atoms with Gasteiger partial charge in [0.25, 0.3) is 0 Å². The van der Waals surface area contributed by atoms with Crippen molar-refractivity contribution < 1.29 is 4.74 Å². The van der Waals surface area contributed by atoms with E-state index in [9.17, 15) is 0 Å². The van der Waals surface area contributed by atoms with Crippen LogP contribution >= 0.6 is 15.9 Å². The molecule has 0 aromatic heterocycles. The van der Waals surface area contributed by atoms with Gasteiger partial charge in [-0.25, -0.2) is 0 Å². The van der Waals surface area contributed by atoms with Crippen molar-refractivity contribution in [2.24, 2.45) is 5.73 Å². The zero-order valence-electron chi connectivity index (χ0n) is 11.2. The van der Waals surface area contributed by atoms with E-state index in [0.29, 0.717) is 6.04 Å². The number of rotatable bonds is 2. The molecule has 100 valence electrons. The van der Waals surface area contributed by atoms with E-state index in [1.165, 1.54) is 11.3 Å². The van der Waals surface area contributed by atoms with Crippen LogP contribution in [-0.2, 0) is 4.74 Å². The number of halogens is 1. The SMILES string of the molecule is CC1CN(c2ccc(Br)cc2C(C)N)C(C)CO1. The van der Waals surface area contributed by atoms with Gasteiger partial charge >= 0.3 is 0 Å². The van der Waals surface area contributed by atoms with Gasteiger partial charge in [-0.15, -0.1) is 0 Å². The fourth-order valence-electron chi connectivity index (χ4n) is 2.39. The van der Waals surface area contributed by atoms with Gasteiger partial charge in [-0.2, -0.15) is 0 Å². The van der Waals surface area contributed by atoms with Crippen molar-refractivity contribution in [3.63, 3.8) is 0 Å². The zero-order valence-corrected chi connectivity index (χ0v) is 12.8. The summed E-state index contributed by atoms with van der Waals surface area (Å²) in [6.45, 7) is 8.03. The maximum Gasteiger partial charge on any atom is 0.0723 e. The normalized spacial score (nSPS) is 26.2. The highest BCUT2D eigenvalue weighted by atomic mass is 79.9. The van der Waals surface area contributed by atoms with Crippen LogP contribution in [0.4, 0.5) is 5.69 Å². The Morgan fingerprint density at radius 1 is 1.44 bits per heavy atom. The summed E-state index contributed by atoms with van der Waals surface area (Å²) >= 11 is 3.52. The molecule has 18 heavy (non-hydrogen) atoms. The van der Waals surface area contributed by atoms with E-state index in [2.05, 4.69) is 52.9 Å². The molecule has 3 unspecified atom stereocenters. The molecule has 2 rings (SSSR count). The number of ether oxygens (including phenoxy) is 1. The van der Waals surface area contributed by atoms with E-state index in [-0.39, 0.29) is 12.1 Å². The van der Waals surface area contributed by atoms with Gasteiger partial charge in [-0.05, 0) is 44.5 Å². The van der Waals surface area contributed by atoms with Crippen LogP contribution in [0.15, 0.2) is 22.7 Å². The highest BCUT2D eigenvalue weighted by molar-refractivity contribution is 9.10. The molecule has 3 nitrogen and oxygen atoms in total. The first-order chi connectivity index (χ1) is 8.49. The third-order valence-corrected chi connectivity index (χ3v) is 3.89. The molecule has 0 aliphatic carbocycles. The van der Waals surface area contributed by atoms with Crippen molar-refractivity contribution in [2.45, 2.75) is 39.0 Å². The fourth-order valence-corrected chi connectivity index (χ4v) is 2.77. The van der Waals surface area contributed by atoms with Gasteiger partial charge in [-0.3, -0.25) is 0 Å². The first-order valence-corrected chi connectivity index (χ1v) is 7.21. The number of nitrogens with two attached hydrogens (primary N) is 1. The second-order valence-electron chi connectivity index (χ2n) is 5.14. The largest absolute Gasteiger partial charge is 0.375 e. The van der Waals surface area contributed by atoms with Crippen LogP contribution in [0.25, 0.3) is 0 Å². The minimum Gasteiger partial charge on any atom is -0.375 e. The molecule has 1 aliphatic rings. The maximum absolute atomic E-state index is 6.09. The highest BCUT2D eigenvalue weighted by Gasteiger charge is 2.25. The Morgan fingerprint density at radius 2 is 2.17 bits per heavy atom. The van der Waals surface area contributed by atoms with Gasteiger partial charge in [0, 0.05) is 28.8 Å². The molecule has 2 N–H and O–H groups in total. The summed E-state index contributed by atoms with van der Waals surface area (Å²) in [4.78, 5) is 2.40. The number of hydrogen-bond donors (Lipinski definition) is 1. The molecule has 1 heterocycles. The van der Waals surface area contributed by atoms with Crippen LogP contribution in [0.2, 0.25) is 0 Å². The van der Waals surface area contributed by atoms with Gasteiger partial charge in [0.05, 0.1) is 12.7 Å². The predicted molar refractivity (Wildman–Crippen MR) is 79.0 cm³/mol. The molecule has 0 spiro atoms. The lowest BCUT2D eigenvalue weighted by molar-refractivity contribution is 0.0343. The molecule has 0 radical (unpaired) electrons. The summed E-state index contributed by atoms with van der Waals surface area (Å²) in [6.07, 6.45) is 0.269. The van der Waals surface area contributed by atoms with Crippen LogP contribution in [0.1, 0.15) is 32.4 Å². The Hall–Kier alpha value is -0.580. The Bertz CT molecular complexity index is 422. The molecular formula is C14H21BrN2O. The second-order valence-corrected chi connectivity index (χ2v) is 6.05. The summed E-state index contributed by atoms with van der Waals surface area (Å²) in [7, 11) is 0. The summed E-state index contributed by atoms with van der Waals surface area (Å²) in [5.41, 5.74) is 8.51. The molecule has 3 atom stereocenters. The zero-order chi connectivity index (χ0) is 13.3. The Morgan fingerprint density at radius 3 is 2.83 bits per heavy atom. The van der Waals surface area contributed by atoms with Gasteiger partial charge in [0.2, 0.25) is 0 Å². The molecule has 1 saturated heterocycles. The molecule has 4 heteroatoms. The minimum atomic E-state index is 0.0304. The summed E-state index contributed by atoms with van der Waals surface area (Å²) in [5, 5.41) is 0. The molecule has 0 saturated carbocycles. The topological polar surface area (TPSA) is 38.5 Å². The van der Waals surface area contributed by atoms with E-state index in [1.54, 1.807) is 0 Å². The lowest BCUT2D eigenvalue weighted by Crippen LogP contribution is -2.48. The third-order valence-electron chi connectivity index (χ3n) is 3.40. The smallest absolute Gasteiger partial charge is 0.0723 e. The Kier molecular flexibility index (Phi) is 4.30. The van der Waals surface area contributed by atoms with Crippen molar-refractivity contribution in [1.29, 1.82) is 0 Å². The minimum absolute atomic E-state index is 0.0304. The van der Waals surface area contributed by atoms with Crippen molar-refractivity contribution in [2.75, 3.05) is 18.1 Å². The van der Waals surface area contributed by atoms with E-state index < -0.39 is 0 Å². The van der Waals surface area contributed by atoms with Gasteiger partial charge in [0.15, 0.2) is 0 Å². The van der Waals surface area contributed by atoms with E-state index in [1.807, 2.05) is 6.92 Å². The lowest BCUT2D eigenvalue weighted by Gasteiger charge is -2.40. The van der Waals surface area contributed by atoms with Crippen LogP contribution in [0.5, 0.6) is 0 Å². The lowest BCUT2D eigenvalue weighted by atomic mass is 10.0. The second kappa shape index (κ2) is 5.59. The van der Waals surface area contributed by atoms with Crippen LogP contribution in [0, 0.1) is 0 Å². The number of benzene rings is 1. The Balaban J connectivity index is 2.36. The summed E-state index contributed by atoms with van der Waals surface area (Å²) in [6, 6.07) is 6.76. The third kappa shape index (κ3) is 2.87. The number of anilines is 1. The monoisotopic (exact) mass is 312 g/mol. The quantitative estimate of drug-likeness (QED) is 0.912. The van der Waals surface area contributed by atoms with Gasteiger partial charge in [-0.1, -0.05) is 15.9 Å². The molecule has 1 aromatic rings. The van der Waals surface area contributed by atoms with Crippen LogP contribution in [-0.4, -0.2) is 25.3 Å². The van der Waals surface area contributed by atoms with E-state index >= 15 is 0 Å². The van der Waals surface area contributed by atoms with Crippen molar-refractivity contribution in [1.82, 2.24) is 0 Å². The van der Waals surface area contributed by atoms with Gasteiger partial charge < -0.3 is 15.4 Å². The van der Waals surface area contributed by atoms with Crippen molar-refractivity contribution >= 4 is 21.6 Å². The number of morpholine rings is 1. The fraction of sp³-hybridized carbons (Fsp3) is 0.571. The summed E-state index contributed by atoms with van der Waals surface area (Å²) in [5.74, 6) is 0. The standard InChI is InChI=1S/C14H21BrN2O/c1-9-8-18-10(2)7-17(9)14-5-4-12(15)6-13(14)11(3)16/h4-6,9-11H,7-8,16H2,1-3H3. The molecular weight excluding hydrogens is 292 g/mol. The number of hydrogen-bond acceptors (Lipinski definition) is 3. The first-order valence-electron chi connectivity index (χ1n) is 6.42. The van der Waals surface area contributed by atoms with Crippen molar-refractivity contribution in [3.8, 4) is 0 Å². The summed E-state index contributed by atoms with van der Waals surface area (Å²) < 4.78 is 6.76. The van der Waals surface area contributed by atoms with Gasteiger partial charge in [0.1, 0.15) is 0 Å². The molecule has 1 aromatic carbocycles. The molecule has 1 fully saturated rings. The van der Waals surface area contributed by atoms with E-state index in [0.717, 1.165) is 17.6 Å². The maximum atomic E-state index is 6.09. The van der Waals surface area contributed by atoms with E-state index in [4.69, 9.17) is 10.5 Å². The Labute approximate surface area is 117 Å².